The van der Waals surface area contributed by atoms with E-state index in [0.29, 0.717) is 37.8 Å². The van der Waals surface area contributed by atoms with E-state index < -0.39 is 0 Å². The molecule has 2 heterocycles. The number of pyridine rings is 1. The molecule has 0 saturated carbocycles. The third-order valence-corrected chi connectivity index (χ3v) is 6.81. The minimum Gasteiger partial charge on any atom is -0.490 e. The van der Waals surface area contributed by atoms with E-state index in [2.05, 4.69) is 27.8 Å². The first-order valence-electron chi connectivity index (χ1n) is 10.9. The number of likely N-dealkylation sites (tertiary alicyclic amines) is 1. The van der Waals surface area contributed by atoms with E-state index >= 15 is 0 Å². The molecule has 1 amide bonds. The van der Waals surface area contributed by atoms with E-state index in [1.165, 1.54) is 6.20 Å². The van der Waals surface area contributed by atoms with Crippen LogP contribution in [0.5, 0.6) is 5.75 Å². The number of rotatable bonds is 7. The zero-order chi connectivity index (χ0) is 23.4. The number of thiol groups is 1. The van der Waals surface area contributed by atoms with Gasteiger partial charge in [-0.05, 0) is 50.1 Å². The number of amides is 1. The predicted octanol–water partition coefficient (Wildman–Crippen LogP) is 4.79. The summed E-state index contributed by atoms with van der Waals surface area (Å²) in [5, 5.41) is 5.06. The summed E-state index contributed by atoms with van der Waals surface area (Å²) in [6, 6.07) is 10.5. The zero-order valence-corrected chi connectivity index (χ0v) is 20.3. The fourth-order valence-corrected chi connectivity index (χ4v) is 4.52. The van der Waals surface area contributed by atoms with Gasteiger partial charge in [-0.3, -0.25) is 9.59 Å². The molecule has 174 valence electrons. The van der Waals surface area contributed by atoms with Crippen LogP contribution in [0.2, 0.25) is 10.0 Å². The maximum Gasteiger partial charge on any atom is 0.255 e. The molecule has 2 N–H and O–H groups in total. The summed E-state index contributed by atoms with van der Waals surface area (Å²) in [5.74, 6) is 0.544. The van der Waals surface area contributed by atoms with E-state index in [-0.39, 0.29) is 17.6 Å². The van der Waals surface area contributed by atoms with Crippen LogP contribution in [0.3, 0.4) is 0 Å². The third-order valence-electron chi connectivity index (χ3n) is 5.80. The maximum absolute atomic E-state index is 12.7. The molecular formula is C24H25Cl2N3O3S. The predicted molar refractivity (Wildman–Crippen MR) is 135 cm³/mol. The fraction of sp³-hybridized carbons (Fsp3) is 0.333. The molecule has 0 atom stereocenters. The number of hydrogen-bond donors (Lipinski definition) is 3. The topological polar surface area (TPSA) is 74.4 Å². The van der Waals surface area contributed by atoms with Gasteiger partial charge in [0.15, 0.2) is 0 Å². The number of aromatic nitrogens is 1. The molecule has 2 aromatic carbocycles. The third kappa shape index (κ3) is 6.03. The lowest BCUT2D eigenvalue weighted by Gasteiger charge is -2.32. The molecule has 1 aliphatic heterocycles. The Kier molecular flexibility index (Phi) is 7.86. The lowest BCUT2D eigenvalue weighted by molar-refractivity contribution is 0.0936. The Morgan fingerprint density at radius 1 is 1.12 bits per heavy atom. The van der Waals surface area contributed by atoms with Crippen molar-refractivity contribution in [3.05, 3.63) is 68.6 Å². The molecule has 6 nitrogen and oxygen atoms in total. The van der Waals surface area contributed by atoms with Crippen molar-refractivity contribution < 1.29 is 9.53 Å². The van der Waals surface area contributed by atoms with E-state index in [1.807, 2.05) is 6.07 Å². The van der Waals surface area contributed by atoms with Crippen molar-refractivity contribution in [2.24, 2.45) is 0 Å². The van der Waals surface area contributed by atoms with Gasteiger partial charge in [0.1, 0.15) is 11.9 Å². The summed E-state index contributed by atoms with van der Waals surface area (Å²) in [5.41, 5.74) is 0.224. The molecule has 0 radical (unpaired) electrons. The summed E-state index contributed by atoms with van der Waals surface area (Å²) >= 11 is 16.3. The van der Waals surface area contributed by atoms with Crippen LogP contribution < -0.4 is 15.6 Å². The number of benzene rings is 2. The zero-order valence-electron chi connectivity index (χ0n) is 17.9. The van der Waals surface area contributed by atoms with E-state index in [0.717, 1.165) is 44.6 Å². The van der Waals surface area contributed by atoms with Gasteiger partial charge in [0, 0.05) is 47.6 Å². The number of hydrogen-bond acceptors (Lipinski definition) is 5. The Balaban J connectivity index is 1.21. The smallest absolute Gasteiger partial charge is 0.255 e. The van der Waals surface area contributed by atoms with Gasteiger partial charge in [-0.25, -0.2) is 0 Å². The first kappa shape index (κ1) is 24.0. The van der Waals surface area contributed by atoms with Crippen LogP contribution >= 0.6 is 35.8 Å². The number of fused-ring (bicyclic) bond motifs is 1. The second-order valence-corrected chi connectivity index (χ2v) is 9.44. The normalized spacial score (nSPS) is 15.0. The number of piperidine rings is 1. The average molecular weight is 506 g/mol. The van der Waals surface area contributed by atoms with Gasteiger partial charge in [0.25, 0.3) is 11.5 Å². The number of H-pyrrole nitrogens is 1. The highest BCUT2D eigenvalue weighted by atomic mass is 35.5. The SMILES string of the molecule is O=C(NCCCN1CCC(Oc2ccc(Cl)c(Cl)c2)CC1)c1c[nH]c(=O)c2cc(S)ccc12. The van der Waals surface area contributed by atoms with Crippen LogP contribution in [0, 0.1) is 0 Å². The largest absolute Gasteiger partial charge is 0.490 e. The molecular weight excluding hydrogens is 481 g/mol. The highest BCUT2D eigenvalue weighted by molar-refractivity contribution is 7.80. The van der Waals surface area contributed by atoms with Gasteiger partial charge >= 0.3 is 0 Å². The molecule has 1 fully saturated rings. The van der Waals surface area contributed by atoms with Gasteiger partial charge in [-0.15, -0.1) is 12.6 Å². The molecule has 0 aliphatic carbocycles. The number of halogens is 2. The summed E-state index contributed by atoms with van der Waals surface area (Å²) in [6.07, 6.45) is 4.33. The van der Waals surface area contributed by atoms with Crippen molar-refractivity contribution >= 4 is 52.5 Å². The number of carbonyl (C=O) groups excluding carboxylic acids is 1. The van der Waals surface area contributed by atoms with Crippen molar-refractivity contribution in [3.63, 3.8) is 0 Å². The summed E-state index contributed by atoms with van der Waals surface area (Å²) in [7, 11) is 0. The Bertz CT molecular complexity index is 1210. The molecule has 0 unspecified atom stereocenters. The lowest BCUT2D eigenvalue weighted by Crippen LogP contribution is -2.39. The monoisotopic (exact) mass is 505 g/mol. The standard InChI is InChI=1S/C24H25Cl2N3O3S/c25-21-5-2-16(12-22(21)26)32-15-6-10-29(11-7-15)9-1-8-27-24(31)20-14-28-23(30)19-13-17(33)3-4-18(19)20/h2-5,12-15,33H,1,6-11H2,(H,27,31)(H,28,30). The quantitative estimate of drug-likeness (QED) is 0.318. The Labute approximate surface area is 207 Å². The summed E-state index contributed by atoms with van der Waals surface area (Å²) in [6.45, 7) is 3.34. The van der Waals surface area contributed by atoms with Crippen LogP contribution in [0.4, 0.5) is 0 Å². The molecule has 0 bridgehead atoms. The van der Waals surface area contributed by atoms with E-state index in [1.54, 1.807) is 30.3 Å². The van der Waals surface area contributed by atoms with E-state index in [4.69, 9.17) is 27.9 Å². The van der Waals surface area contributed by atoms with Crippen LogP contribution in [-0.4, -0.2) is 48.1 Å². The van der Waals surface area contributed by atoms with Gasteiger partial charge < -0.3 is 19.9 Å². The van der Waals surface area contributed by atoms with Crippen LogP contribution in [0.25, 0.3) is 10.8 Å². The number of ether oxygens (including phenoxy) is 1. The van der Waals surface area contributed by atoms with Crippen molar-refractivity contribution in [1.82, 2.24) is 15.2 Å². The van der Waals surface area contributed by atoms with Gasteiger partial charge in [-0.1, -0.05) is 29.3 Å². The van der Waals surface area contributed by atoms with Crippen LogP contribution in [0.15, 0.2) is 52.3 Å². The molecule has 33 heavy (non-hydrogen) atoms. The summed E-state index contributed by atoms with van der Waals surface area (Å²) < 4.78 is 6.04. The minimum atomic E-state index is -0.232. The molecule has 1 saturated heterocycles. The van der Waals surface area contributed by atoms with Crippen molar-refractivity contribution in [3.8, 4) is 5.75 Å². The Hall–Kier alpha value is -2.19. The number of aromatic amines is 1. The maximum atomic E-state index is 12.7. The van der Waals surface area contributed by atoms with Gasteiger partial charge in [0.05, 0.1) is 15.6 Å². The first-order valence-corrected chi connectivity index (χ1v) is 12.1. The van der Waals surface area contributed by atoms with Crippen molar-refractivity contribution in [2.75, 3.05) is 26.2 Å². The van der Waals surface area contributed by atoms with Crippen molar-refractivity contribution in [2.45, 2.75) is 30.3 Å². The molecule has 9 heteroatoms. The molecule has 0 spiro atoms. The van der Waals surface area contributed by atoms with Crippen LogP contribution in [0.1, 0.15) is 29.6 Å². The number of carbonyl (C=O) groups is 1. The second-order valence-electron chi connectivity index (χ2n) is 8.11. The van der Waals surface area contributed by atoms with Crippen molar-refractivity contribution in [1.29, 1.82) is 0 Å². The molecule has 1 aliphatic rings. The number of nitrogens with one attached hydrogen (secondary N) is 2. The van der Waals surface area contributed by atoms with Gasteiger partial charge in [-0.2, -0.15) is 0 Å². The van der Waals surface area contributed by atoms with E-state index in [9.17, 15) is 9.59 Å². The second kappa shape index (κ2) is 10.8. The Morgan fingerprint density at radius 3 is 2.67 bits per heavy atom. The highest BCUT2D eigenvalue weighted by Gasteiger charge is 2.20. The molecule has 3 aromatic rings. The lowest BCUT2D eigenvalue weighted by atomic mass is 10.1. The molecule has 1 aromatic heterocycles. The number of nitrogens with zero attached hydrogens (tertiary/aromatic N) is 1. The highest BCUT2D eigenvalue weighted by Crippen LogP contribution is 2.28. The van der Waals surface area contributed by atoms with Gasteiger partial charge in [0.2, 0.25) is 0 Å². The van der Waals surface area contributed by atoms with Crippen LogP contribution in [-0.2, 0) is 0 Å². The average Bonchev–Trinajstić information content (AvgIpc) is 2.80. The molecule has 4 rings (SSSR count). The fourth-order valence-electron chi connectivity index (χ4n) is 4.03. The minimum absolute atomic E-state index is 0.157. The summed E-state index contributed by atoms with van der Waals surface area (Å²) in [4.78, 5) is 30.4. The Morgan fingerprint density at radius 2 is 1.91 bits per heavy atom. The first-order chi connectivity index (χ1) is 15.9.